The second kappa shape index (κ2) is 9.32. The fourth-order valence-electron chi connectivity index (χ4n) is 1.91. The number of hydrogen-bond donors (Lipinski definition) is 2. The number of nitrogens with one attached hydrogen (secondary N) is 2. The Morgan fingerprint density at radius 1 is 1.15 bits per heavy atom. The molecule has 1 aromatic carbocycles. The van der Waals surface area contributed by atoms with Gasteiger partial charge in [-0.25, -0.2) is 4.79 Å². The predicted molar refractivity (Wildman–Crippen MR) is 88.3 cm³/mol. The highest BCUT2D eigenvalue weighted by molar-refractivity contribution is 5.95. The lowest BCUT2D eigenvalue weighted by atomic mass is 10.3. The van der Waals surface area contributed by atoms with Crippen molar-refractivity contribution in [3.63, 3.8) is 0 Å². The number of carbonyl (C=O) groups excluding carboxylic acids is 3. The second-order valence-electron chi connectivity index (χ2n) is 5.23. The largest absolute Gasteiger partial charge is 0.459 e. The molecule has 2 amide bonds. The number of furan rings is 1. The first-order valence-corrected chi connectivity index (χ1v) is 7.71. The molecule has 0 unspecified atom stereocenters. The normalized spacial score (nSPS) is 11.6. The van der Waals surface area contributed by atoms with Crippen molar-refractivity contribution < 1.29 is 37.1 Å². The van der Waals surface area contributed by atoms with Gasteiger partial charge in [-0.15, -0.1) is 0 Å². The fraction of sp³-hybridized carbons (Fsp3) is 0.235. The van der Waals surface area contributed by atoms with Crippen LogP contribution in [0.1, 0.15) is 17.5 Å². The van der Waals surface area contributed by atoms with Gasteiger partial charge in [-0.2, -0.15) is 8.78 Å². The number of hydrogen-bond acceptors (Lipinski definition) is 6. The van der Waals surface area contributed by atoms with E-state index in [-0.39, 0.29) is 11.5 Å². The third-order valence-corrected chi connectivity index (χ3v) is 3.15. The first kappa shape index (κ1) is 19.9. The first-order valence-electron chi connectivity index (χ1n) is 7.71. The summed E-state index contributed by atoms with van der Waals surface area (Å²) in [7, 11) is 0. The summed E-state index contributed by atoms with van der Waals surface area (Å²) in [6.07, 6.45) is 1.31. The number of halogens is 2. The van der Waals surface area contributed by atoms with Crippen LogP contribution < -0.4 is 15.4 Å². The van der Waals surface area contributed by atoms with Crippen LogP contribution in [0.2, 0.25) is 0 Å². The fourth-order valence-corrected chi connectivity index (χ4v) is 1.91. The van der Waals surface area contributed by atoms with Gasteiger partial charge < -0.3 is 24.5 Å². The molecular weight excluding hydrogens is 366 g/mol. The van der Waals surface area contributed by atoms with Gasteiger partial charge in [0.25, 0.3) is 11.8 Å². The van der Waals surface area contributed by atoms with Crippen LogP contribution in [0.3, 0.4) is 0 Å². The quantitative estimate of drug-likeness (QED) is 0.678. The van der Waals surface area contributed by atoms with Crippen LogP contribution in [0.25, 0.3) is 0 Å². The van der Waals surface area contributed by atoms with Gasteiger partial charge in [0.05, 0.1) is 6.26 Å². The van der Waals surface area contributed by atoms with Crippen LogP contribution in [0.5, 0.6) is 5.75 Å². The lowest BCUT2D eigenvalue weighted by molar-refractivity contribution is -0.148. The molecule has 0 saturated carbocycles. The molecular formula is C17H16F2N2O6. The number of esters is 1. The van der Waals surface area contributed by atoms with Crippen LogP contribution >= 0.6 is 0 Å². The standard InChI is InChI=1S/C17H16F2N2O6/c1-10(20-15(23)13-3-2-8-25-13)16(24)26-9-14(22)21-11-4-6-12(7-5-11)27-17(18)19/h2-8,10,17H,9H2,1H3,(H,20,23)(H,21,22)/t10-/m1/s1. The zero-order valence-corrected chi connectivity index (χ0v) is 14.1. The molecule has 1 heterocycles. The number of benzene rings is 1. The monoisotopic (exact) mass is 382 g/mol. The van der Waals surface area contributed by atoms with Crippen molar-refractivity contribution in [1.29, 1.82) is 0 Å². The van der Waals surface area contributed by atoms with E-state index in [1.54, 1.807) is 0 Å². The van der Waals surface area contributed by atoms with Gasteiger partial charge in [0.1, 0.15) is 11.8 Å². The molecule has 27 heavy (non-hydrogen) atoms. The molecule has 2 aromatic rings. The molecule has 0 aliphatic rings. The summed E-state index contributed by atoms with van der Waals surface area (Å²) in [6.45, 7) is -2.14. The van der Waals surface area contributed by atoms with Crippen molar-refractivity contribution in [1.82, 2.24) is 5.32 Å². The molecule has 1 aromatic heterocycles. The minimum atomic E-state index is -2.94. The van der Waals surface area contributed by atoms with Crippen molar-refractivity contribution in [3.05, 3.63) is 48.4 Å². The average Bonchev–Trinajstić information content (AvgIpc) is 3.15. The van der Waals surface area contributed by atoms with Crippen molar-refractivity contribution in [2.24, 2.45) is 0 Å². The predicted octanol–water partition coefficient (Wildman–Crippen LogP) is 2.18. The molecule has 2 N–H and O–H groups in total. The van der Waals surface area contributed by atoms with Gasteiger partial charge in [-0.3, -0.25) is 9.59 Å². The minimum absolute atomic E-state index is 0.0339. The van der Waals surface area contributed by atoms with E-state index in [4.69, 9.17) is 9.15 Å². The van der Waals surface area contributed by atoms with E-state index in [9.17, 15) is 23.2 Å². The van der Waals surface area contributed by atoms with E-state index >= 15 is 0 Å². The Hall–Kier alpha value is -3.43. The zero-order chi connectivity index (χ0) is 19.8. The van der Waals surface area contributed by atoms with E-state index in [0.29, 0.717) is 5.69 Å². The lowest BCUT2D eigenvalue weighted by Gasteiger charge is -2.12. The molecule has 0 aliphatic heterocycles. The average molecular weight is 382 g/mol. The molecule has 10 heteroatoms. The smallest absolute Gasteiger partial charge is 0.387 e. The van der Waals surface area contributed by atoms with E-state index < -0.39 is 37.0 Å². The molecule has 0 radical (unpaired) electrons. The summed E-state index contributed by atoms with van der Waals surface area (Å²) in [6, 6.07) is 7.15. The molecule has 8 nitrogen and oxygen atoms in total. The first-order chi connectivity index (χ1) is 12.8. The second-order valence-corrected chi connectivity index (χ2v) is 5.23. The Labute approximate surface area is 152 Å². The van der Waals surface area contributed by atoms with Crippen LogP contribution in [0.4, 0.5) is 14.5 Å². The number of carbonyl (C=O) groups is 3. The van der Waals surface area contributed by atoms with Gasteiger partial charge in [-0.1, -0.05) is 0 Å². The Morgan fingerprint density at radius 3 is 2.44 bits per heavy atom. The van der Waals surface area contributed by atoms with Gasteiger partial charge >= 0.3 is 12.6 Å². The maximum Gasteiger partial charge on any atom is 0.387 e. The van der Waals surface area contributed by atoms with Crippen LogP contribution in [-0.4, -0.2) is 37.0 Å². The van der Waals surface area contributed by atoms with Gasteiger partial charge in [0.2, 0.25) is 0 Å². The number of ether oxygens (including phenoxy) is 2. The topological polar surface area (TPSA) is 107 Å². The van der Waals surface area contributed by atoms with Gasteiger partial charge in [0, 0.05) is 5.69 Å². The van der Waals surface area contributed by atoms with E-state index in [0.717, 1.165) is 0 Å². The molecule has 0 spiro atoms. The summed E-state index contributed by atoms with van der Waals surface area (Å²) in [4.78, 5) is 35.3. The highest BCUT2D eigenvalue weighted by atomic mass is 19.3. The Bertz CT molecular complexity index is 777. The third kappa shape index (κ3) is 6.42. The summed E-state index contributed by atoms with van der Waals surface area (Å²) in [5.41, 5.74) is 0.303. The van der Waals surface area contributed by atoms with E-state index in [2.05, 4.69) is 15.4 Å². The third-order valence-electron chi connectivity index (χ3n) is 3.15. The molecule has 2 rings (SSSR count). The van der Waals surface area contributed by atoms with E-state index in [1.807, 2.05) is 0 Å². The van der Waals surface area contributed by atoms with Crippen molar-refractivity contribution >= 4 is 23.5 Å². The minimum Gasteiger partial charge on any atom is -0.459 e. The Balaban J connectivity index is 1.75. The van der Waals surface area contributed by atoms with Crippen molar-refractivity contribution in [3.8, 4) is 5.75 Å². The SMILES string of the molecule is C[C@@H](NC(=O)c1ccco1)C(=O)OCC(=O)Nc1ccc(OC(F)F)cc1. The van der Waals surface area contributed by atoms with E-state index in [1.165, 1.54) is 49.6 Å². The van der Waals surface area contributed by atoms with Crippen LogP contribution in [0.15, 0.2) is 47.1 Å². The lowest BCUT2D eigenvalue weighted by Crippen LogP contribution is -2.40. The van der Waals surface area contributed by atoms with Crippen molar-refractivity contribution in [2.45, 2.75) is 19.6 Å². The molecule has 1 atom stereocenters. The summed E-state index contributed by atoms with van der Waals surface area (Å²) < 4.78 is 38.0. The maximum absolute atomic E-state index is 12.1. The summed E-state index contributed by atoms with van der Waals surface area (Å²) in [5, 5.41) is 4.78. The number of amides is 2. The summed E-state index contributed by atoms with van der Waals surface area (Å²) in [5.74, 6) is -2.08. The number of anilines is 1. The molecule has 0 saturated heterocycles. The molecule has 0 aliphatic carbocycles. The van der Waals surface area contributed by atoms with Gasteiger partial charge in [0.15, 0.2) is 12.4 Å². The van der Waals surface area contributed by atoms with Gasteiger partial charge in [-0.05, 0) is 43.3 Å². The summed E-state index contributed by atoms with van der Waals surface area (Å²) >= 11 is 0. The Kier molecular flexibility index (Phi) is 6.86. The highest BCUT2D eigenvalue weighted by Crippen LogP contribution is 2.17. The maximum atomic E-state index is 12.1. The van der Waals surface area contributed by atoms with Crippen LogP contribution in [0, 0.1) is 0 Å². The number of rotatable bonds is 8. The molecule has 0 bridgehead atoms. The number of alkyl halides is 2. The zero-order valence-electron chi connectivity index (χ0n) is 14.1. The van der Waals surface area contributed by atoms with Crippen molar-refractivity contribution in [2.75, 3.05) is 11.9 Å². The highest BCUT2D eigenvalue weighted by Gasteiger charge is 2.20. The molecule has 0 fully saturated rings. The Morgan fingerprint density at radius 2 is 1.85 bits per heavy atom. The van der Waals surface area contributed by atoms with Crippen LogP contribution in [-0.2, 0) is 14.3 Å². The molecule has 144 valence electrons.